The van der Waals surface area contributed by atoms with Gasteiger partial charge in [0.05, 0.1) is 11.3 Å². The van der Waals surface area contributed by atoms with Gasteiger partial charge in [0, 0.05) is 23.4 Å². The third-order valence-corrected chi connectivity index (χ3v) is 3.44. The summed E-state index contributed by atoms with van der Waals surface area (Å²) in [5.41, 5.74) is 0.240. The van der Waals surface area contributed by atoms with E-state index in [-0.39, 0.29) is 18.2 Å². The first-order valence-electron chi connectivity index (χ1n) is 5.45. The fourth-order valence-corrected chi connectivity index (χ4v) is 2.67. The van der Waals surface area contributed by atoms with Gasteiger partial charge in [0.2, 0.25) is 0 Å². The lowest BCUT2D eigenvalue weighted by Crippen LogP contribution is -2.17. The largest absolute Gasteiger partial charge is 0.416 e. The summed E-state index contributed by atoms with van der Waals surface area (Å²) in [6.45, 7) is 1.83. The number of fused-ring (bicyclic) bond motifs is 1. The van der Waals surface area contributed by atoms with E-state index in [0.29, 0.717) is 22.1 Å². The minimum absolute atomic E-state index is 0.0369. The van der Waals surface area contributed by atoms with Gasteiger partial charge in [-0.25, -0.2) is 0 Å². The summed E-state index contributed by atoms with van der Waals surface area (Å²) in [6.07, 6.45) is -4.05. The summed E-state index contributed by atoms with van der Waals surface area (Å²) < 4.78 is 38.4. The van der Waals surface area contributed by atoms with Crippen molar-refractivity contribution in [3.05, 3.63) is 27.7 Å². The number of carbonyl (C=O) groups excluding carboxylic acids is 1. The van der Waals surface area contributed by atoms with Crippen molar-refractivity contribution >= 4 is 27.4 Å². The number of rotatable bonds is 0. The average Bonchev–Trinajstić information content (AvgIpc) is 2.34. The monoisotopic (exact) mass is 321 g/mol. The van der Waals surface area contributed by atoms with Crippen LogP contribution in [-0.2, 0) is 17.4 Å². The fourth-order valence-electron chi connectivity index (χ4n) is 2.05. The van der Waals surface area contributed by atoms with E-state index in [0.717, 1.165) is 12.1 Å². The lowest BCUT2D eigenvalue weighted by Gasteiger charge is -2.16. The van der Waals surface area contributed by atoms with Crippen LogP contribution in [0.25, 0.3) is 0 Å². The highest BCUT2D eigenvalue weighted by Gasteiger charge is 2.33. The van der Waals surface area contributed by atoms with E-state index < -0.39 is 11.7 Å². The smallest absolute Gasteiger partial charge is 0.381 e. The molecule has 0 saturated carbocycles. The summed E-state index contributed by atoms with van der Waals surface area (Å²) in [6, 6.07) is 2.00. The zero-order valence-electron chi connectivity index (χ0n) is 9.57. The molecular formula is C12H11BrF3NO. The maximum Gasteiger partial charge on any atom is 0.416 e. The Morgan fingerprint density at radius 3 is 2.67 bits per heavy atom. The predicted molar refractivity (Wildman–Crippen MR) is 65.6 cm³/mol. The van der Waals surface area contributed by atoms with Gasteiger partial charge in [-0.3, -0.25) is 4.79 Å². The molecule has 98 valence electrons. The molecule has 1 atom stereocenters. The zero-order valence-corrected chi connectivity index (χ0v) is 11.2. The normalized spacial score (nSPS) is 20.1. The fraction of sp³-hybridized carbons (Fsp3) is 0.417. The molecule has 1 aliphatic rings. The predicted octanol–water partition coefficient (Wildman–Crippen LogP) is 3.78. The second-order valence-electron chi connectivity index (χ2n) is 4.45. The van der Waals surface area contributed by atoms with Crippen LogP contribution in [0.15, 0.2) is 16.6 Å². The van der Waals surface area contributed by atoms with Crippen molar-refractivity contribution in [2.45, 2.75) is 32.0 Å². The van der Waals surface area contributed by atoms with Crippen molar-refractivity contribution in [2.75, 3.05) is 5.32 Å². The van der Waals surface area contributed by atoms with Crippen LogP contribution in [0.2, 0.25) is 0 Å². The average molecular weight is 322 g/mol. The van der Waals surface area contributed by atoms with Gasteiger partial charge in [0.25, 0.3) is 0 Å². The molecule has 1 aromatic carbocycles. The van der Waals surface area contributed by atoms with Crippen LogP contribution in [0.5, 0.6) is 0 Å². The number of nitrogens with one attached hydrogen (secondary N) is 1. The number of alkyl halides is 3. The number of carbonyl (C=O) groups is 1. The van der Waals surface area contributed by atoms with Gasteiger partial charge in [-0.15, -0.1) is 0 Å². The lowest BCUT2D eigenvalue weighted by molar-refractivity contribution is -0.137. The quantitative estimate of drug-likeness (QED) is 0.787. The summed E-state index contributed by atoms with van der Waals surface area (Å²) in [4.78, 5) is 11.6. The Balaban J connectivity index is 2.53. The Morgan fingerprint density at radius 1 is 1.39 bits per heavy atom. The molecule has 0 radical (unpaired) electrons. The van der Waals surface area contributed by atoms with Gasteiger partial charge in [0.15, 0.2) is 0 Å². The lowest BCUT2D eigenvalue weighted by atomic mass is 10.0. The first kappa shape index (κ1) is 13.4. The molecule has 2 nitrogen and oxygen atoms in total. The van der Waals surface area contributed by atoms with Crippen molar-refractivity contribution in [3.63, 3.8) is 0 Å². The zero-order chi connectivity index (χ0) is 13.5. The first-order valence-corrected chi connectivity index (χ1v) is 6.24. The molecule has 0 fully saturated rings. The maximum absolute atomic E-state index is 12.7. The van der Waals surface area contributed by atoms with Crippen molar-refractivity contribution in [3.8, 4) is 0 Å². The number of anilines is 1. The van der Waals surface area contributed by atoms with Gasteiger partial charge in [0.1, 0.15) is 5.78 Å². The molecule has 1 N–H and O–H groups in total. The molecule has 1 heterocycles. The molecule has 0 bridgehead atoms. The molecule has 0 spiro atoms. The Labute approximate surface area is 111 Å². The number of hydrogen-bond donors (Lipinski definition) is 1. The molecule has 1 aliphatic heterocycles. The second kappa shape index (κ2) is 4.57. The second-order valence-corrected chi connectivity index (χ2v) is 5.31. The molecule has 0 aliphatic carbocycles. The molecule has 18 heavy (non-hydrogen) atoms. The number of hydrogen-bond acceptors (Lipinski definition) is 2. The van der Waals surface area contributed by atoms with E-state index in [1.807, 2.05) is 6.92 Å². The summed E-state index contributed by atoms with van der Waals surface area (Å²) in [7, 11) is 0. The standard InChI is InChI=1S/C12H11BrF3NO/c1-6-2-9(18)4-7-3-8(12(14,15)16)5-10(13)11(7)17-6/h3,5-6,17H,2,4H2,1H3/t6-/m1/s1. The molecule has 1 aromatic rings. The molecule has 6 heteroatoms. The Morgan fingerprint density at radius 2 is 2.06 bits per heavy atom. The highest BCUT2D eigenvalue weighted by atomic mass is 79.9. The molecule has 0 amide bonds. The molecule has 2 rings (SSSR count). The minimum atomic E-state index is -4.40. The van der Waals surface area contributed by atoms with Crippen LogP contribution >= 0.6 is 15.9 Å². The van der Waals surface area contributed by atoms with Crippen molar-refractivity contribution in [1.82, 2.24) is 0 Å². The Bertz CT molecular complexity index is 499. The van der Waals surface area contributed by atoms with Gasteiger partial charge in [-0.05, 0) is 40.5 Å². The third-order valence-electron chi connectivity index (χ3n) is 2.81. The van der Waals surface area contributed by atoms with Crippen molar-refractivity contribution in [1.29, 1.82) is 0 Å². The molecule has 0 unspecified atom stereocenters. The van der Waals surface area contributed by atoms with Crippen LogP contribution in [-0.4, -0.2) is 11.8 Å². The van der Waals surface area contributed by atoms with Gasteiger partial charge in [-0.2, -0.15) is 13.2 Å². The Kier molecular flexibility index (Phi) is 3.40. The number of Topliss-reactive ketones (excluding diaryl/α,β-unsaturated/α-hetero) is 1. The van der Waals surface area contributed by atoms with E-state index in [4.69, 9.17) is 0 Å². The third kappa shape index (κ3) is 2.68. The number of halogens is 4. The van der Waals surface area contributed by atoms with Gasteiger partial charge >= 0.3 is 6.18 Å². The summed E-state index contributed by atoms with van der Waals surface area (Å²) in [5.74, 6) is -0.0556. The van der Waals surface area contributed by atoms with E-state index in [9.17, 15) is 18.0 Å². The van der Waals surface area contributed by atoms with Crippen LogP contribution in [0, 0.1) is 0 Å². The van der Waals surface area contributed by atoms with Gasteiger partial charge in [-0.1, -0.05) is 0 Å². The van der Waals surface area contributed by atoms with Crippen LogP contribution < -0.4 is 5.32 Å². The van der Waals surface area contributed by atoms with E-state index in [1.165, 1.54) is 0 Å². The number of benzene rings is 1. The highest BCUT2D eigenvalue weighted by Crippen LogP contribution is 2.38. The van der Waals surface area contributed by atoms with E-state index in [1.54, 1.807) is 0 Å². The maximum atomic E-state index is 12.7. The van der Waals surface area contributed by atoms with Crippen LogP contribution in [0.4, 0.5) is 18.9 Å². The van der Waals surface area contributed by atoms with Crippen molar-refractivity contribution < 1.29 is 18.0 Å². The number of ketones is 1. The van der Waals surface area contributed by atoms with Crippen molar-refractivity contribution in [2.24, 2.45) is 0 Å². The molecule has 0 saturated heterocycles. The Hall–Kier alpha value is -1.04. The highest BCUT2D eigenvalue weighted by molar-refractivity contribution is 9.10. The van der Waals surface area contributed by atoms with E-state index >= 15 is 0 Å². The SMILES string of the molecule is C[C@@H]1CC(=O)Cc2cc(C(F)(F)F)cc(Br)c2N1. The summed E-state index contributed by atoms with van der Waals surface area (Å²) in [5, 5.41) is 3.06. The van der Waals surface area contributed by atoms with Gasteiger partial charge < -0.3 is 5.32 Å². The molecule has 0 aromatic heterocycles. The van der Waals surface area contributed by atoms with Crippen LogP contribution in [0.3, 0.4) is 0 Å². The molecular weight excluding hydrogens is 311 g/mol. The minimum Gasteiger partial charge on any atom is -0.381 e. The van der Waals surface area contributed by atoms with Crippen LogP contribution in [0.1, 0.15) is 24.5 Å². The summed E-state index contributed by atoms with van der Waals surface area (Å²) >= 11 is 3.13. The topological polar surface area (TPSA) is 29.1 Å². The van der Waals surface area contributed by atoms with E-state index in [2.05, 4.69) is 21.2 Å². The first-order chi connectivity index (χ1) is 8.27.